The molecule has 0 fully saturated rings. The monoisotopic (exact) mass is 493 g/mol. The summed E-state index contributed by atoms with van der Waals surface area (Å²) in [6.45, 7) is 3.18. The first-order chi connectivity index (χ1) is 18.1. The van der Waals surface area contributed by atoms with Gasteiger partial charge >= 0.3 is 5.97 Å². The third-order valence-corrected chi connectivity index (χ3v) is 5.97. The molecule has 186 valence electrons. The van der Waals surface area contributed by atoms with Crippen LogP contribution in [0.25, 0.3) is 22.2 Å². The zero-order valence-corrected chi connectivity index (χ0v) is 20.4. The molecule has 0 aliphatic carbocycles. The van der Waals surface area contributed by atoms with E-state index in [2.05, 4.69) is 10.3 Å². The molecule has 7 nitrogen and oxygen atoms in total. The number of pyridine rings is 1. The van der Waals surface area contributed by atoms with Gasteiger partial charge in [-0.3, -0.25) is 4.98 Å². The Hall–Kier alpha value is -4.78. The number of ether oxygens (including phenoxy) is 2. The lowest BCUT2D eigenvalue weighted by Crippen LogP contribution is -2.13. The summed E-state index contributed by atoms with van der Waals surface area (Å²) in [5.74, 6) is 0.457. The first-order valence-electron chi connectivity index (χ1n) is 12.1. The zero-order chi connectivity index (χ0) is 25.6. The number of benzene rings is 3. The molecule has 0 saturated carbocycles. The number of carboxylic acids is 1. The molecule has 0 radical (unpaired) electrons. The number of aromatic carboxylic acids is 1. The van der Waals surface area contributed by atoms with Crippen molar-refractivity contribution in [2.24, 2.45) is 0 Å². The maximum atomic E-state index is 12.1. The van der Waals surface area contributed by atoms with E-state index in [1.165, 1.54) is 0 Å². The molecule has 3 aromatic carbocycles. The predicted octanol–water partition coefficient (Wildman–Crippen LogP) is 6.62. The standard InChI is InChI=1S/C30H27N3O4/c1-2-36-25-10-6-7-21(19-25)29-26-20-28(30(34)35)33(27(26)15-16-31-29)17-18-37-24-13-11-23(12-14-24)32-22-8-4-3-5-9-22/h3-16,19-20,32H,2,17-18H2,1H3,(H,34,35). The first-order valence-corrected chi connectivity index (χ1v) is 12.1. The number of aromatic nitrogens is 2. The summed E-state index contributed by atoms with van der Waals surface area (Å²) in [5.41, 5.74) is 4.52. The topological polar surface area (TPSA) is 85.6 Å². The second kappa shape index (κ2) is 10.9. The summed E-state index contributed by atoms with van der Waals surface area (Å²) in [4.78, 5) is 16.6. The van der Waals surface area contributed by atoms with E-state index in [1.54, 1.807) is 16.8 Å². The molecule has 0 amide bonds. The van der Waals surface area contributed by atoms with Crippen LogP contribution in [0.4, 0.5) is 11.4 Å². The number of nitrogens with one attached hydrogen (secondary N) is 1. The molecule has 2 aromatic heterocycles. The highest BCUT2D eigenvalue weighted by atomic mass is 16.5. The van der Waals surface area contributed by atoms with Gasteiger partial charge in [0.15, 0.2) is 0 Å². The van der Waals surface area contributed by atoms with Gasteiger partial charge in [0, 0.05) is 28.5 Å². The second-order valence-electron chi connectivity index (χ2n) is 8.40. The number of fused-ring (bicyclic) bond motifs is 1. The summed E-state index contributed by atoms with van der Waals surface area (Å²) in [7, 11) is 0. The molecular formula is C30H27N3O4. The van der Waals surface area contributed by atoms with Gasteiger partial charge in [0.2, 0.25) is 0 Å². The fourth-order valence-electron chi connectivity index (χ4n) is 4.31. The molecule has 0 aliphatic heterocycles. The van der Waals surface area contributed by atoms with Gasteiger partial charge in [-0.15, -0.1) is 0 Å². The van der Waals surface area contributed by atoms with Gasteiger partial charge < -0.3 is 24.5 Å². The zero-order valence-electron chi connectivity index (χ0n) is 20.4. The Labute approximate surface area is 214 Å². The van der Waals surface area contributed by atoms with Crippen molar-refractivity contribution in [2.45, 2.75) is 13.5 Å². The maximum absolute atomic E-state index is 12.1. The van der Waals surface area contributed by atoms with Gasteiger partial charge in [0.25, 0.3) is 0 Å². The Bertz CT molecular complexity index is 1510. The minimum Gasteiger partial charge on any atom is -0.494 e. The third-order valence-electron chi connectivity index (χ3n) is 5.97. The van der Waals surface area contributed by atoms with Crippen molar-refractivity contribution in [2.75, 3.05) is 18.5 Å². The number of carbonyl (C=O) groups is 1. The van der Waals surface area contributed by atoms with Crippen LogP contribution in [-0.2, 0) is 6.54 Å². The van der Waals surface area contributed by atoms with Crippen molar-refractivity contribution >= 4 is 28.2 Å². The van der Waals surface area contributed by atoms with E-state index in [1.807, 2.05) is 91.9 Å². The van der Waals surface area contributed by atoms with Crippen LogP contribution in [0.15, 0.2) is 97.2 Å². The highest BCUT2D eigenvalue weighted by Crippen LogP contribution is 2.31. The van der Waals surface area contributed by atoms with Crippen molar-refractivity contribution in [3.05, 3.63) is 103 Å². The molecule has 0 atom stereocenters. The maximum Gasteiger partial charge on any atom is 0.352 e. The van der Waals surface area contributed by atoms with Crippen molar-refractivity contribution in [1.82, 2.24) is 9.55 Å². The Morgan fingerprint density at radius 3 is 2.43 bits per heavy atom. The number of nitrogens with zero attached hydrogens (tertiary/aromatic N) is 2. The largest absolute Gasteiger partial charge is 0.494 e. The van der Waals surface area contributed by atoms with Crippen molar-refractivity contribution in [3.63, 3.8) is 0 Å². The van der Waals surface area contributed by atoms with E-state index in [0.717, 1.165) is 33.6 Å². The van der Waals surface area contributed by atoms with E-state index in [-0.39, 0.29) is 5.69 Å². The predicted molar refractivity (Wildman–Crippen MR) is 145 cm³/mol. The van der Waals surface area contributed by atoms with Gasteiger partial charge in [-0.05, 0) is 67.6 Å². The van der Waals surface area contributed by atoms with E-state index >= 15 is 0 Å². The smallest absolute Gasteiger partial charge is 0.352 e. The molecule has 5 aromatic rings. The van der Waals surface area contributed by atoms with Crippen LogP contribution in [0.2, 0.25) is 0 Å². The highest BCUT2D eigenvalue weighted by Gasteiger charge is 2.18. The van der Waals surface area contributed by atoms with Crippen molar-refractivity contribution < 1.29 is 19.4 Å². The van der Waals surface area contributed by atoms with Crippen molar-refractivity contribution in [3.8, 4) is 22.8 Å². The fraction of sp³-hybridized carbons (Fsp3) is 0.133. The van der Waals surface area contributed by atoms with Gasteiger partial charge in [0.05, 0.1) is 24.4 Å². The molecular weight excluding hydrogens is 466 g/mol. The van der Waals surface area contributed by atoms with Gasteiger partial charge in [-0.2, -0.15) is 0 Å². The number of para-hydroxylation sites is 1. The lowest BCUT2D eigenvalue weighted by molar-refractivity contribution is 0.0684. The SMILES string of the molecule is CCOc1cccc(-c2nccc3c2cc(C(=O)O)n3CCOc2ccc(Nc3ccccc3)cc2)c1. The second-order valence-corrected chi connectivity index (χ2v) is 8.40. The Morgan fingerprint density at radius 2 is 1.68 bits per heavy atom. The summed E-state index contributed by atoms with van der Waals surface area (Å²) < 4.78 is 13.3. The lowest BCUT2D eigenvalue weighted by atomic mass is 10.1. The minimum absolute atomic E-state index is 0.191. The van der Waals surface area contributed by atoms with Crippen LogP contribution in [0, 0.1) is 0 Å². The summed E-state index contributed by atoms with van der Waals surface area (Å²) in [6, 6.07) is 28.8. The van der Waals surface area contributed by atoms with Gasteiger partial charge in [0.1, 0.15) is 23.8 Å². The number of hydrogen-bond acceptors (Lipinski definition) is 5. The molecule has 0 aliphatic rings. The highest BCUT2D eigenvalue weighted by molar-refractivity contribution is 6.00. The number of anilines is 2. The quantitative estimate of drug-likeness (QED) is 0.227. The number of carboxylic acid groups (broad SMARTS) is 1. The summed E-state index contributed by atoms with van der Waals surface area (Å²) in [6.07, 6.45) is 1.70. The Kier molecular flexibility index (Phi) is 7.03. The molecule has 7 heteroatoms. The van der Waals surface area contributed by atoms with Crippen LogP contribution in [0.3, 0.4) is 0 Å². The lowest BCUT2D eigenvalue weighted by Gasteiger charge is -2.12. The van der Waals surface area contributed by atoms with Gasteiger partial charge in [-0.1, -0.05) is 30.3 Å². The minimum atomic E-state index is -0.999. The molecule has 2 N–H and O–H groups in total. The summed E-state index contributed by atoms with van der Waals surface area (Å²) in [5, 5.41) is 14.0. The molecule has 0 unspecified atom stereocenters. The third kappa shape index (κ3) is 5.41. The number of hydrogen-bond donors (Lipinski definition) is 2. The van der Waals surface area contributed by atoms with Crippen LogP contribution in [0.1, 0.15) is 17.4 Å². The van der Waals surface area contributed by atoms with Gasteiger partial charge in [-0.25, -0.2) is 4.79 Å². The Balaban J connectivity index is 1.34. The average Bonchev–Trinajstić information content (AvgIpc) is 3.30. The molecule has 0 spiro atoms. The van der Waals surface area contributed by atoms with Crippen LogP contribution < -0.4 is 14.8 Å². The molecule has 5 rings (SSSR count). The first kappa shape index (κ1) is 23.9. The van der Waals surface area contributed by atoms with E-state index < -0.39 is 5.97 Å². The molecule has 37 heavy (non-hydrogen) atoms. The van der Waals surface area contributed by atoms with Crippen molar-refractivity contribution in [1.29, 1.82) is 0 Å². The fourth-order valence-corrected chi connectivity index (χ4v) is 4.31. The van der Waals surface area contributed by atoms with Crippen LogP contribution in [0.5, 0.6) is 11.5 Å². The number of rotatable bonds is 10. The average molecular weight is 494 g/mol. The molecule has 2 heterocycles. The van der Waals surface area contributed by atoms with Crippen LogP contribution in [-0.4, -0.2) is 33.8 Å². The Morgan fingerprint density at radius 1 is 0.892 bits per heavy atom. The summed E-state index contributed by atoms with van der Waals surface area (Å²) >= 11 is 0. The molecule has 0 saturated heterocycles. The van der Waals surface area contributed by atoms with E-state index in [0.29, 0.717) is 31.2 Å². The molecule has 0 bridgehead atoms. The van der Waals surface area contributed by atoms with Crippen LogP contribution >= 0.6 is 0 Å². The van der Waals surface area contributed by atoms with E-state index in [9.17, 15) is 9.90 Å². The van der Waals surface area contributed by atoms with E-state index in [4.69, 9.17) is 9.47 Å². The normalized spacial score (nSPS) is 10.8.